The molecule has 3 aromatic carbocycles. The largest absolute Gasteiger partial charge is 0.495 e. The molecule has 6 nitrogen and oxygen atoms in total. The Bertz CT molecular complexity index is 1350. The molecule has 0 bridgehead atoms. The Balaban J connectivity index is 1.40. The number of benzene rings is 3. The first-order valence-corrected chi connectivity index (χ1v) is 11.8. The minimum atomic E-state index is -0.303. The zero-order chi connectivity index (χ0) is 23.7. The molecule has 0 spiro atoms. The van der Waals surface area contributed by atoms with Gasteiger partial charge in [0.25, 0.3) is 17.7 Å². The number of para-hydroxylation sites is 2. The topological polar surface area (TPSA) is 66.9 Å². The molecule has 0 unspecified atom stereocenters. The average Bonchev–Trinajstić information content (AvgIpc) is 3.42. The fraction of sp³-hybridized carbons (Fsp3) is 0.148. The lowest BCUT2D eigenvalue weighted by molar-refractivity contribution is 0.0610. The number of ether oxygens (including phenoxy) is 1. The summed E-state index contributed by atoms with van der Waals surface area (Å²) in [5.41, 5.74) is 1.71. The number of hydrogen-bond donors (Lipinski definition) is 0. The summed E-state index contributed by atoms with van der Waals surface area (Å²) in [6.45, 7) is 0.520. The number of hydrogen-bond acceptors (Lipinski definition) is 5. The van der Waals surface area contributed by atoms with Crippen molar-refractivity contribution in [3.8, 4) is 5.75 Å². The van der Waals surface area contributed by atoms with E-state index in [0.29, 0.717) is 45.8 Å². The standard InChI is InChI=1S/C27H22N2O4S/c1-33-22-13-3-2-12-21(22)28(27(32)23-14-6-17-34-23)15-7-16-29-25(30)19-10-4-8-18-9-5-11-20(24(18)19)26(29)31/h2-6,8-14,17H,7,15-16H2,1H3. The Morgan fingerprint density at radius 2 is 1.62 bits per heavy atom. The molecule has 3 amide bonds. The lowest BCUT2D eigenvalue weighted by Crippen LogP contribution is -2.42. The van der Waals surface area contributed by atoms with E-state index >= 15 is 0 Å². The zero-order valence-corrected chi connectivity index (χ0v) is 19.4. The van der Waals surface area contributed by atoms with Gasteiger partial charge >= 0.3 is 0 Å². The first-order chi connectivity index (χ1) is 16.6. The van der Waals surface area contributed by atoms with Gasteiger partial charge in [-0.15, -0.1) is 11.3 Å². The predicted molar refractivity (Wildman–Crippen MR) is 133 cm³/mol. The molecule has 0 saturated carbocycles. The number of carbonyl (C=O) groups excluding carboxylic acids is 3. The van der Waals surface area contributed by atoms with Gasteiger partial charge in [0.1, 0.15) is 5.75 Å². The molecule has 1 aromatic heterocycles. The summed E-state index contributed by atoms with van der Waals surface area (Å²) in [5.74, 6) is -0.172. The van der Waals surface area contributed by atoms with Crippen LogP contribution < -0.4 is 9.64 Å². The first-order valence-electron chi connectivity index (χ1n) is 11.0. The van der Waals surface area contributed by atoms with Gasteiger partial charge in [0.2, 0.25) is 0 Å². The molecule has 0 aliphatic carbocycles. The summed E-state index contributed by atoms with van der Waals surface area (Å²) >= 11 is 1.37. The fourth-order valence-corrected chi connectivity index (χ4v) is 5.06. The van der Waals surface area contributed by atoms with Crippen LogP contribution in [-0.4, -0.2) is 42.8 Å². The summed E-state index contributed by atoms with van der Waals surface area (Å²) in [7, 11) is 1.57. The maximum atomic E-state index is 13.3. The molecule has 2 heterocycles. The first kappa shape index (κ1) is 21.9. The van der Waals surface area contributed by atoms with Crippen molar-refractivity contribution in [3.05, 3.63) is 94.2 Å². The number of nitrogens with zero attached hydrogens (tertiary/aromatic N) is 2. The molecule has 0 atom stereocenters. The van der Waals surface area contributed by atoms with E-state index in [1.54, 1.807) is 36.3 Å². The third-order valence-electron chi connectivity index (χ3n) is 5.97. The third-order valence-corrected chi connectivity index (χ3v) is 6.83. The molecule has 0 N–H and O–H groups in total. The minimum absolute atomic E-state index is 0.147. The predicted octanol–water partition coefficient (Wildman–Crippen LogP) is 5.24. The van der Waals surface area contributed by atoms with Crippen LogP contribution in [0.25, 0.3) is 10.8 Å². The Morgan fingerprint density at radius 1 is 0.912 bits per heavy atom. The maximum Gasteiger partial charge on any atom is 0.268 e. The van der Waals surface area contributed by atoms with Crippen molar-refractivity contribution in [3.63, 3.8) is 0 Å². The van der Waals surface area contributed by atoms with Gasteiger partial charge < -0.3 is 9.64 Å². The molecule has 170 valence electrons. The highest BCUT2D eigenvalue weighted by Gasteiger charge is 2.32. The quantitative estimate of drug-likeness (QED) is 0.346. The highest BCUT2D eigenvalue weighted by atomic mass is 32.1. The number of rotatable bonds is 7. The van der Waals surface area contributed by atoms with Gasteiger partial charge in [-0.05, 0) is 47.5 Å². The number of imide groups is 1. The molecular weight excluding hydrogens is 448 g/mol. The number of methoxy groups -OCH3 is 1. The van der Waals surface area contributed by atoms with Crippen molar-refractivity contribution in [1.29, 1.82) is 0 Å². The van der Waals surface area contributed by atoms with E-state index in [9.17, 15) is 14.4 Å². The van der Waals surface area contributed by atoms with Crippen molar-refractivity contribution < 1.29 is 19.1 Å². The molecular formula is C27H22N2O4S. The van der Waals surface area contributed by atoms with Crippen LogP contribution in [-0.2, 0) is 0 Å². The lowest BCUT2D eigenvalue weighted by Gasteiger charge is -2.29. The minimum Gasteiger partial charge on any atom is -0.495 e. The number of thiophene rings is 1. The van der Waals surface area contributed by atoms with Crippen molar-refractivity contribution in [2.75, 3.05) is 25.1 Å². The van der Waals surface area contributed by atoms with Crippen LogP contribution in [0.15, 0.2) is 78.2 Å². The van der Waals surface area contributed by atoms with Crippen molar-refractivity contribution in [1.82, 2.24) is 4.90 Å². The number of anilines is 1. The van der Waals surface area contributed by atoms with E-state index in [4.69, 9.17) is 4.74 Å². The fourth-order valence-electron chi connectivity index (χ4n) is 4.39. The Morgan fingerprint density at radius 3 is 2.26 bits per heavy atom. The van der Waals surface area contributed by atoms with Crippen LogP contribution in [0, 0.1) is 0 Å². The summed E-state index contributed by atoms with van der Waals surface area (Å²) in [6.07, 6.45) is 0.421. The third kappa shape index (κ3) is 3.74. The number of carbonyl (C=O) groups is 3. The summed E-state index contributed by atoms with van der Waals surface area (Å²) in [5, 5.41) is 3.44. The monoisotopic (exact) mass is 470 g/mol. The molecule has 0 radical (unpaired) electrons. The summed E-state index contributed by atoms with van der Waals surface area (Å²) in [6, 6.07) is 21.9. The zero-order valence-electron chi connectivity index (χ0n) is 18.6. The normalized spacial score (nSPS) is 12.8. The maximum absolute atomic E-state index is 13.3. The van der Waals surface area contributed by atoms with E-state index in [1.807, 2.05) is 53.9 Å². The van der Waals surface area contributed by atoms with Crippen molar-refractivity contribution in [2.24, 2.45) is 0 Å². The summed E-state index contributed by atoms with van der Waals surface area (Å²) in [4.78, 5) is 43.2. The van der Waals surface area contributed by atoms with Gasteiger partial charge in [-0.25, -0.2) is 0 Å². The smallest absolute Gasteiger partial charge is 0.268 e. The lowest BCUT2D eigenvalue weighted by atomic mass is 9.94. The van der Waals surface area contributed by atoms with Gasteiger partial charge in [-0.2, -0.15) is 0 Å². The Hall–Kier alpha value is -3.97. The molecule has 5 rings (SSSR count). The average molecular weight is 471 g/mol. The SMILES string of the molecule is COc1ccccc1N(CCCN1C(=O)c2cccc3cccc(c23)C1=O)C(=O)c1cccs1. The van der Waals surface area contributed by atoms with E-state index in [1.165, 1.54) is 16.2 Å². The molecule has 1 aliphatic rings. The van der Waals surface area contributed by atoms with Crippen LogP contribution in [0.5, 0.6) is 5.75 Å². The van der Waals surface area contributed by atoms with E-state index in [0.717, 1.165) is 5.39 Å². The molecule has 0 fully saturated rings. The van der Waals surface area contributed by atoms with E-state index in [-0.39, 0.29) is 24.3 Å². The summed E-state index contributed by atoms with van der Waals surface area (Å²) < 4.78 is 5.49. The van der Waals surface area contributed by atoms with Crippen LogP contribution in [0.4, 0.5) is 5.69 Å². The van der Waals surface area contributed by atoms with E-state index < -0.39 is 0 Å². The molecule has 1 aliphatic heterocycles. The molecule has 7 heteroatoms. The van der Waals surface area contributed by atoms with Crippen molar-refractivity contribution in [2.45, 2.75) is 6.42 Å². The van der Waals surface area contributed by atoms with Gasteiger partial charge in [0.15, 0.2) is 0 Å². The van der Waals surface area contributed by atoms with E-state index in [2.05, 4.69) is 0 Å². The second-order valence-corrected chi connectivity index (χ2v) is 8.88. The molecule has 4 aromatic rings. The van der Waals surface area contributed by atoms with Gasteiger partial charge in [0.05, 0.1) is 17.7 Å². The Labute approximate surface area is 201 Å². The second-order valence-electron chi connectivity index (χ2n) is 7.93. The second kappa shape index (κ2) is 9.11. The van der Waals surface area contributed by atoms with Gasteiger partial charge in [-0.3, -0.25) is 19.3 Å². The van der Waals surface area contributed by atoms with Gasteiger partial charge in [-0.1, -0.05) is 42.5 Å². The Kier molecular flexibility index (Phi) is 5.86. The molecule has 0 saturated heterocycles. The highest BCUT2D eigenvalue weighted by Crippen LogP contribution is 2.32. The van der Waals surface area contributed by atoms with Crippen LogP contribution in [0.1, 0.15) is 36.8 Å². The van der Waals surface area contributed by atoms with Gasteiger partial charge in [0, 0.05) is 29.6 Å². The highest BCUT2D eigenvalue weighted by molar-refractivity contribution is 7.12. The van der Waals surface area contributed by atoms with Crippen LogP contribution >= 0.6 is 11.3 Å². The number of amides is 3. The van der Waals surface area contributed by atoms with Crippen LogP contribution in [0.2, 0.25) is 0 Å². The van der Waals surface area contributed by atoms with Crippen LogP contribution in [0.3, 0.4) is 0 Å². The van der Waals surface area contributed by atoms with Crippen molar-refractivity contribution >= 4 is 45.5 Å². The molecule has 34 heavy (non-hydrogen) atoms.